The van der Waals surface area contributed by atoms with Crippen LogP contribution in [0.25, 0.3) is 0 Å². The van der Waals surface area contributed by atoms with Crippen LogP contribution < -0.4 is 5.32 Å². The molecule has 0 spiro atoms. The van der Waals surface area contributed by atoms with Crippen LogP contribution in [-0.2, 0) is 21.1 Å². The van der Waals surface area contributed by atoms with Crippen molar-refractivity contribution in [2.75, 3.05) is 31.6 Å². The van der Waals surface area contributed by atoms with E-state index in [1.54, 1.807) is 0 Å². The molecule has 1 aliphatic rings. The maximum Gasteiger partial charge on any atom is 0.234 e. The first-order chi connectivity index (χ1) is 9.96. The van der Waals surface area contributed by atoms with E-state index in [0.717, 1.165) is 6.42 Å². The summed E-state index contributed by atoms with van der Waals surface area (Å²) in [5, 5.41) is 2.88. The first kappa shape index (κ1) is 16.0. The van der Waals surface area contributed by atoms with Crippen molar-refractivity contribution < 1.29 is 13.2 Å². The lowest BCUT2D eigenvalue weighted by Crippen LogP contribution is -2.41. The fraction of sp³-hybridized carbons (Fsp3) is 0.533. The molecule has 1 N–H and O–H groups in total. The van der Waals surface area contributed by atoms with Crippen molar-refractivity contribution in [1.82, 2.24) is 10.2 Å². The molecule has 1 saturated heterocycles. The highest BCUT2D eigenvalue weighted by atomic mass is 32.2. The van der Waals surface area contributed by atoms with Crippen LogP contribution in [0.3, 0.4) is 0 Å². The van der Waals surface area contributed by atoms with Crippen molar-refractivity contribution in [2.45, 2.75) is 18.9 Å². The van der Waals surface area contributed by atoms with Gasteiger partial charge in [-0.3, -0.25) is 9.69 Å². The van der Waals surface area contributed by atoms with Gasteiger partial charge in [-0.05, 0) is 25.5 Å². The Hall–Kier alpha value is -1.40. The lowest BCUT2D eigenvalue weighted by Gasteiger charge is -2.22. The van der Waals surface area contributed by atoms with Gasteiger partial charge in [-0.1, -0.05) is 30.3 Å². The number of hydrogen-bond donors (Lipinski definition) is 1. The summed E-state index contributed by atoms with van der Waals surface area (Å²) in [4.78, 5) is 13.7. The Morgan fingerprint density at radius 1 is 1.33 bits per heavy atom. The average Bonchev–Trinajstić information content (AvgIpc) is 2.80. The molecular formula is C15H22N2O3S. The number of carbonyl (C=O) groups excluding carboxylic acids is 1. The van der Waals surface area contributed by atoms with E-state index in [2.05, 4.69) is 5.32 Å². The van der Waals surface area contributed by atoms with Crippen molar-refractivity contribution >= 4 is 15.7 Å². The van der Waals surface area contributed by atoms with E-state index in [-0.39, 0.29) is 30.0 Å². The molecule has 0 aromatic heterocycles. The fourth-order valence-electron chi connectivity index (χ4n) is 2.53. The van der Waals surface area contributed by atoms with Crippen LogP contribution in [0.4, 0.5) is 0 Å². The van der Waals surface area contributed by atoms with Gasteiger partial charge in [-0.2, -0.15) is 0 Å². The molecular weight excluding hydrogens is 288 g/mol. The Bertz CT molecular complexity index is 572. The largest absolute Gasteiger partial charge is 0.355 e. The third-order valence-corrected chi connectivity index (χ3v) is 5.55. The predicted molar refractivity (Wildman–Crippen MR) is 82.8 cm³/mol. The van der Waals surface area contributed by atoms with Crippen molar-refractivity contribution in [2.24, 2.45) is 0 Å². The number of rotatable bonds is 6. The van der Waals surface area contributed by atoms with Crippen LogP contribution in [0.5, 0.6) is 0 Å². The quantitative estimate of drug-likeness (QED) is 0.829. The third-order valence-electron chi connectivity index (χ3n) is 3.80. The zero-order valence-corrected chi connectivity index (χ0v) is 13.1. The normalized spacial score (nSPS) is 20.6. The zero-order valence-electron chi connectivity index (χ0n) is 12.3. The minimum Gasteiger partial charge on any atom is -0.355 e. The lowest BCUT2D eigenvalue weighted by molar-refractivity contribution is -0.122. The Labute approximate surface area is 126 Å². The lowest BCUT2D eigenvalue weighted by atomic mass is 10.1. The number of benzene rings is 1. The molecule has 1 fully saturated rings. The average molecular weight is 310 g/mol. The van der Waals surface area contributed by atoms with E-state index in [9.17, 15) is 13.2 Å². The van der Waals surface area contributed by atoms with Gasteiger partial charge in [0.25, 0.3) is 0 Å². The highest BCUT2D eigenvalue weighted by molar-refractivity contribution is 7.91. The Kier molecular flexibility index (Phi) is 5.36. The van der Waals surface area contributed by atoms with E-state index in [1.165, 1.54) is 5.56 Å². The molecule has 1 aliphatic heterocycles. The molecule has 5 nitrogen and oxygen atoms in total. The first-order valence-corrected chi connectivity index (χ1v) is 9.00. The first-order valence-electron chi connectivity index (χ1n) is 7.17. The molecule has 0 saturated carbocycles. The monoisotopic (exact) mass is 310 g/mol. The Morgan fingerprint density at radius 3 is 2.67 bits per heavy atom. The highest BCUT2D eigenvalue weighted by Crippen LogP contribution is 2.15. The SMILES string of the molecule is CN(CC(=O)NCCc1ccccc1)C1CCS(=O)(=O)C1. The van der Waals surface area contributed by atoms with Gasteiger partial charge in [-0.15, -0.1) is 0 Å². The van der Waals surface area contributed by atoms with Crippen molar-refractivity contribution in [3.05, 3.63) is 35.9 Å². The Morgan fingerprint density at radius 2 is 2.05 bits per heavy atom. The van der Waals surface area contributed by atoms with E-state index >= 15 is 0 Å². The maximum absolute atomic E-state index is 11.9. The molecule has 0 radical (unpaired) electrons. The van der Waals surface area contributed by atoms with E-state index < -0.39 is 9.84 Å². The second kappa shape index (κ2) is 7.04. The molecule has 6 heteroatoms. The van der Waals surface area contributed by atoms with Crippen LogP contribution in [0.15, 0.2) is 30.3 Å². The number of nitrogens with one attached hydrogen (secondary N) is 1. The molecule has 2 rings (SSSR count). The predicted octanol–water partition coefficient (Wildman–Crippen LogP) is 0.464. The summed E-state index contributed by atoms with van der Waals surface area (Å²) in [5.74, 6) is 0.344. The van der Waals surface area contributed by atoms with Crippen LogP contribution >= 0.6 is 0 Å². The third kappa shape index (κ3) is 5.13. The van der Waals surface area contributed by atoms with Gasteiger partial charge in [0.2, 0.25) is 5.91 Å². The van der Waals surface area contributed by atoms with Crippen molar-refractivity contribution in [1.29, 1.82) is 0 Å². The minimum atomic E-state index is -2.90. The number of likely N-dealkylation sites (N-methyl/N-ethyl adjacent to an activating group) is 1. The molecule has 1 aromatic carbocycles. The van der Waals surface area contributed by atoms with E-state index in [4.69, 9.17) is 0 Å². The highest BCUT2D eigenvalue weighted by Gasteiger charge is 2.31. The summed E-state index contributed by atoms with van der Waals surface area (Å²) in [6.07, 6.45) is 1.42. The summed E-state index contributed by atoms with van der Waals surface area (Å²) < 4.78 is 22.9. The van der Waals surface area contributed by atoms with Gasteiger partial charge >= 0.3 is 0 Å². The number of sulfone groups is 1. The number of carbonyl (C=O) groups is 1. The second-order valence-electron chi connectivity index (χ2n) is 5.56. The summed E-state index contributed by atoms with van der Waals surface area (Å²) in [7, 11) is -1.09. The standard InChI is InChI=1S/C15H22N2O3S/c1-17(14-8-10-21(19,20)12-14)11-15(18)16-9-7-13-5-3-2-4-6-13/h2-6,14H,7-12H2,1H3,(H,16,18). The molecule has 0 bridgehead atoms. The summed E-state index contributed by atoms with van der Waals surface area (Å²) >= 11 is 0. The van der Waals surface area contributed by atoms with Crippen molar-refractivity contribution in [3.63, 3.8) is 0 Å². The fourth-order valence-corrected chi connectivity index (χ4v) is 4.33. The number of hydrogen-bond acceptors (Lipinski definition) is 4. The molecule has 116 valence electrons. The van der Waals surface area contributed by atoms with Crippen LogP contribution in [0.1, 0.15) is 12.0 Å². The van der Waals surface area contributed by atoms with Crippen molar-refractivity contribution in [3.8, 4) is 0 Å². The molecule has 1 heterocycles. The second-order valence-corrected chi connectivity index (χ2v) is 7.79. The maximum atomic E-state index is 11.9. The zero-order chi connectivity index (χ0) is 15.3. The Balaban J connectivity index is 1.70. The van der Waals surface area contributed by atoms with Gasteiger partial charge in [0.1, 0.15) is 0 Å². The molecule has 1 aromatic rings. The molecule has 1 amide bonds. The minimum absolute atomic E-state index is 0.0325. The molecule has 21 heavy (non-hydrogen) atoms. The smallest absolute Gasteiger partial charge is 0.234 e. The van der Waals surface area contributed by atoms with E-state index in [0.29, 0.717) is 13.0 Å². The van der Waals surface area contributed by atoms with Crippen LogP contribution in [0.2, 0.25) is 0 Å². The summed E-state index contributed by atoms with van der Waals surface area (Å²) in [6, 6.07) is 9.95. The summed E-state index contributed by atoms with van der Waals surface area (Å²) in [6.45, 7) is 0.842. The van der Waals surface area contributed by atoms with E-state index in [1.807, 2.05) is 42.3 Å². The van der Waals surface area contributed by atoms with Gasteiger partial charge < -0.3 is 5.32 Å². The molecule has 1 unspecified atom stereocenters. The molecule has 0 aliphatic carbocycles. The topological polar surface area (TPSA) is 66.5 Å². The van der Waals surface area contributed by atoms with Gasteiger partial charge in [0, 0.05) is 12.6 Å². The van der Waals surface area contributed by atoms with Crippen LogP contribution in [-0.4, -0.2) is 56.9 Å². The molecule has 1 atom stereocenters. The summed E-state index contributed by atoms with van der Waals surface area (Å²) in [5.41, 5.74) is 1.19. The number of amides is 1. The van der Waals surface area contributed by atoms with Gasteiger partial charge in [-0.25, -0.2) is 8.42 Å². The number of nitrogens with zero attached hydrogens (tertiary/aromatic N) is 1. The van der Waals surface area contributed by atoms with Gasteiger partial charge in [0.15, 0.2) is 9.84 Å². The van der Waals surface area contributed by atoms with Gasteiger partial charge in [0.05, 0.1) is 18.1 Å². The van der Waals surface area contributed by atoms with Crippen LogP contribution in [0, 0.1) is 0 Å².